The molecule has 0 spiro atoms. The van der Waals surface area contributed by atoms with Crippen molar-refractivity contribution in [1.29, 1.82) is 0 Å². The van der Waals surface area contributed by atoms with Crippen molar-refractivity contribution in [2.75, 3.05) is 13.6 Å². The Labute approximate surface area is 180 Å². The molecule has 1 fully saturated rings. The van der Waals surface area contributed by atoms with Crippen LogP contribution in [0.25, 0.3) is 10.1 Å². The first-order chi connectivity index (χ1) is 14.4. The number of rotatable bonds is 6. The molecular weight excluding hydrogens is 420 g/mol. The third-order valence-corrected chi connectivity index (χ3v) is 8.33. The number of aromatic nitrogens is 2. The summed E-state index contributed by atoms with van der Waals surface area (Å²) in [4.78, 5) is 17.2. The van der Waals surface area contributed by atoms with Crippen molar-refractivity contribution in [2.24, 2.45) is 13.0 Å². The van der Waals surface area contributed by atoms with Crippen LogP contribution in [0.15, 0.2) is 41.8 Å². The van der Waals surface area contributed by atoms with Crippen molar-refractivity contribution in [2.45, 2.75) is 36.6 Å². The second-order valence-corrected chi connectivity index (χ2v) is 10.6. The number of aryl methyl sites for hydroxylation is 1. The summed E-state index contributed by atoms with van der Waals surface area (Å²) < 4.78 is 30.3. The number of imidazole rings is 1. The predicted octanol–water partition coefficient (Wildman–Crippen LogP) is 3.25. The van der Waals surface area contributed by atoms with E-state index in [0.717, 1.165) is 40.8 Å². The molecule has 4 rings (SSSR count). The Morgan fingerprint density at radius 1 is 1.23 bits per heavy atom. The first-order valence-electron chi connectivity index (χ1n) is 10.1. The molecular formula is C21H26N4O3S2. The summed E-state index contributed by atoms with van der Waals surface area (Å²) in [5.74, 6) is 0.571. The molecule has 9 heteroatoms. The van der Waals surface area contributed by atoms with Gasteiger partial charge in [-0.2, -0.15) is 0 Å². The van der Waals surface area contributed by atoms with E-state index in [4.69, 9.17) is 0 Å². The molecule has 0 radical (unpaired) electrons. The van der Waals surface area contributed by atoms with E-state index in [2.05, 4.69) is 27.2 Å². The maximum atomic E-state index is 12.5. The lowest BCUT2D eigenvalue weighted by atomic mass is 9.78. The lowest BCUT2D eigenvalue weighted by molar-refractivity contribution is 0.0965. The summed E-state index contributed by atoms with van der Waals surface area (Å²) in [5, 5.41) is 3.99. The van der Waals surface area contributed by atoms with Gasteiger partial charge < -0.3 is 9.88 Å². The van der Waals surface area contributed by atoms with Gasteiger partial charge in [0.05, 0.1) is 11.2 Å². The number of sulfonamides is 1. The van der Waals surface area contributed by atoms with E-state index in [1.807, 2.05) is 12.1 Å². The summed E-state index contributed by atoms with van der Waals surface area (Å²) in [5.41, 5.74) is 1.16. The fraction of sp³-hybridized carbons (Fsp3) is 0.429. The van der Waals surface area contributed by atoms with Crippen LogP contribution in [0.1, 0.15) is 46.8 Å². The molecule has 1 aliphatic carbocycles. The Balaban J connectivity index is 1.44. The summed E-state index contributed by atoms with van der Waals surface area (Å²) in [6.45, 7) is 0.415. The van der Waals surface area contributed by atoms with Crippen molar-refractivity contribution in [3.63, 3.8) is 0 Å². The van der Waals surface area contributed by atoms with Crippen molar-refractivity contribution < 1.29 is 13.2 Å². The molecule has 1 aliphatic rings. The van der Waals surface area contributed by atoms with Crippen molar-refractivity contribution in [3.05, 3.63) is 47.2 Å². The van der Waals surface area contributed by atoms with Gasteiger partial charge >= 0.3 is 0 Å². The molecule has 30 heavy (non-hydrogen) atoms. The third-order valence-electron chi connectivity index (χ3n) is 5.84. The first kappa shape index (κ1) is 21.0. The third kappa shape index (κ3) is 4.14. The lowest BCUT2D eigenvalue weighted by Crippen LogP contribution is -2.31. The van der Waals surface area contributed by atoms with Gasteiger partial charge in [0, 0.05) is 31.5 Å². The number of nitrogens with one attached hydrogen (secondary N) is 2. The van der Waals surface area contributed by atoms with Crippen molar-refractivity contribution >= 4 is 37.4 Å². The van der Waals surface area contributed by atoms with Gasteiger partial charge in [-0.05, 0) is 54.5 Å². The fourth-order valence-electron chi connectivity index (χ4n) is 4.24. The molecule has 0 unspecified atom stereocenters. The van der Waals surface area contributed by atoms with Crippen LogP contribution >= 0.6 is 11.3 Å². The summed E-state index contributed by atoms with van der Waals surface area (Å²) in [7, 11) is -0.167. The summed E-state index contributed by atoms with van der Waals surface area (Å²) in [6, 6.07) is 8.18. The van der Waals surface area contributed by atoms with E-state index in [9.17, 15) is 13.2 Å². The average Bonchev–Trinajstić information content (AvgIpc) is 3.36. The smallest absolute Gasteiger partial charge is 0.261 e. The van der Waals surface area contributed by atoms with E-state index in [1.165, 1.54) is 17.9 Å². The molecule has 1 amide bonds. The van der Waals surface area contributed by atoms with Gasteiger partial charge in [0.25, 0.3) is 15.9 Å². The molecule has 0 aliphatic heterocycles. The molecule has 0 bridgehead atoms. The number of carbonyl (C=O) groups excluding carboxylic acids is 1. The Morgan fingerprint density at radius 2 is 1.97 bits per heavy atom. The lowest BCUT2D eigenvalue weighted by Gasteiger charge is -2.29. The Kier molecular flexibility index (Phi) is 5.95. The monoisotopic (exact) mass is 446 g/mol. The van der Waals surface area contributed by atoms with Crippen LogP contribution in [-0.2, 0) is 17.1 Å². The minimum atomic E-state index is -3.58. The zero-order valence-corrected chi connectivity index (χ0v) is 18.7. The predicted molar refractivity (Wildman–Crippen MR) is 118 cm³/mol. The van der Waals surface area contributed by atoms with Gasteiger partial charge in [-0.25, -0.2) is 18.1 Å². The zero-order valence-electron chi connectivity index (χ0n) is 17.1. The first-order valence-corrected chi connectivity index (χ1v) is 12.4. The SMILES string of the molecule is CNC(=O)c1sc2ccccc2c1C1CCC(CNS(=O)(=O)c2cn(C)cn2)CC1. The number of carbonyl (C=O) groups is 1. The van der Waals surface area contributed by atoms with Gasteiger partial charge in [0.15, 0.2) is 5.03 Å². The van der Waals surface area contributed by atoms with Crippen LogP contribution in [0.3, 0.4) is 0 Å². The van der Waals surface area contributed by atoms with Crippen LogP contribution in [0, 0.1) is 5.92 Å². The second-order valence-electron chi connectivity index (χ2n) is 7.87. The standard InChI is InChI=1S/C21H26N4O3S2/c1-22-21(26)20-19(16-5-3-4-6-17(16)29-20)15-9-7-14(8-10-15)11-24-30(27,28)18-12-25(2)13-23-18/h3-6,12-15,24H,7-11H2,1-2H3,(H,22,26). The Hall–Kier alpha value is -2.23. The number of amides is 1. The highest BCUT2D eigenvalue weighted by atomic mass is 32.2. The maximum absolute atomic E-state index is 12.5. The number of nitrogens with zero attached hydrogens (tertiary/aromatic N) is 2. The van der Waals surface area contributed by atoms with Crippen LogP contribution in [-0.4, -0.2) is 37.5 Å². The number of fused-ring (bicyclic) bond motifs is 1. The highest BCUT2D eigenvalue weighted by Gasteiger charge is 2.29. The van der Waals surface area contributed by atoms with Gasteiger partial charge in [-0.3, -0.25) is 4.79 Å². The minimum Gasteiger partial charge on any atom is -0.354 e. The van der Waals surface area contributed by atoms with E-state index in [-0.39, 0.29) is 16.9 Å². The number of hydrogen-bond acceptors (Lipinski definition) is 5. The van der Waals surface area contributed by atoms with E-state index < -0.39 is 10.0 Å². The minimum absolute atomic E-state index is 0.0311. The van der Waals surface area contributed by atoms with Crippen LogP contribution in [0.2, 0.25) is 0 Å². The molecule has 1 aromatic carbocycles. The second kappa shape index (κ2) is 8.49. The molecule has 2 heterocycles. The molecule has 0 atom stereocenters. The molecule has 2 N–H and O–H groups in total. The zero-order chi connectivity index (χ0) is 21.3. The molecule has 160 valence electrons. The molecule has 2 aromatic heterocycles. The Morgan fingerprint density at radius 3 is 2.63 bits per heavy atom. The quantitative estimate of drug-likeness (QED) is 0.608. The summed E-state index contributed by atoms with van der Waals surface area (Å²) >= 11 is 1.55. The topological polar surface area (TPSA) is 93.1 Å². The molecule has 3 aromatic rings. The van der Waals surface area contributed by atoms with Crippen LogP contribution < -0.4 is 10.0 Å². The normalized spacial score (nSPS) is 19.8. The largest absolute Gasteiger partial charge is 0.354 e. The highest BCUT2D eigenvalue weighted by molar-refractivity contribution is 7.89. The molecule has 1 saturated carbocycles. The number of thiophene rings is 1. The van der Waals surface area contributed by atoms with Gasteiger partial charge in [-0.15, -0.1) is 11.3 Å². The fourth-order valence-corrected chi connectivity index (χ4v) is 6.57. The highest BCUT2D eigenvalue weighted by Crippen LogP contribution is 2.43. The molecule has 0 saturated heterocycles. The van der Waals surface area contributed by atoms with Crippen molar-refractivity contribution in [1.82, 2.24) is 19.6 Å². The van der Waals surface area contributed by atoms with Crippen LogP contribution in [0.5, 0.6) is 0 Å². The van der Waals surface area contributed by atoms with Gasteiger partial charge in [-0.1, -0.05) is 18.2 Å². The Bertz CT molecular complexity index is 1160. The van der Waals surface area contributed by atoms with E-state index >= 15 is 0 Å². The summed E-state index contributed by atoms with van der Waals surface area (Å²) in [6.07, 6.45) is 6.72. The van der Waals surface area contributed by atoms with Crippen LogP contribution in [0.4, 0.5) is 0 Å². The molecule has 7 nitrogen and oxygen atoms in total. The number of hydrogen-bond donors (Lipinski definition) is 2. The maximum Gasteiger partial charge on any atom is 0.261 e. The van der Waals surface area contributed by atoms with Gasteiger partial charge in [0.1, 0.15) is 0 Å². The average molecular weight is 447 g/mol. The van der Waals surface area contributed by atoms with E-state index in [0.29, 0.717) is 12.5 Å². The number of benzene rings is 1. The van der Waals surface area contributed by atoms with Gasteiger partial charge in [0.2, 0.25) is 0 Å². The van der Waals surface area contributed by atoms with Crippen molar-refractivity contribution in [3.8, 4) is 0 Å². The van der Waals surface area contributed by atoms with E-state index in [1.54, 1.807) is 30.0 Å².